The summed E-state index contributed by atoms with van der Waals surface area (Å²) in [5.74, 6) is 3.01. The molecule has 0 radical (unpaired) electrons. The van der Waals surface area contributed by atoms with Gasteiger partial charge in [0.25, 0.3) is 0 Å². The lowest BCUT2D eigenvalue weighted by molar-refractivity contribution is 0.366. The van der Waals surface area contributed by atoms with Crippen molar-refractivity contribution in [3.05, 3.63) is 310 Å². The third-order valence-electron chi connectivity index (χ3n) is 17.9. The lowest BCUT2D eigenvalue weighted by atomic mass is 10.1. The molecule has 0 bridgehead atoms. The van der Waals surface area contributed by atoms with Gasteiger partial charge in [0.1, 0.15) is 40.3 Å². The van der Waals surface area contributed by atoms with E-state index in [2.05, 4.69) is 173 Å². The standard InChI is InChI=1S/C21H21FNO3P.C21H22NO2P.2C17H22NOP.C16H20NOP/c1-25-17-11-18(26-2)21(24)20(12-17)27-19-9-8-15(22)10-14(19)13-23-16-6-4-3-5-7-16;1-15-8-11-20(25-21-13-18(24-2)9-10-19(21)23)16(12-15)14-22-17-6-4-3-5-7-17;1-4-18-11-14-9-5-8-13(3)17(14)20-15-10-6-7-12(2)16(15)19;1-4-18-11-14-7-5-6-13(3)17(14)20-16-10-12(2)8-9-15(16)19;1-3-17-11-13-8-6-7-12(2)16(13)19-15-10-5-4-9-14(15)18/h3-12,23-24,27H,13H2,1-2H3;3-13,22-23,25H,14H2,1-2H3;2*5-10,18-20H,4,11H2,1-3H3;4-10,17-19H,3,11H2,1-2H3. The Bertz CT molecular complexity index is 4870. The minimum Gasteiger partial charge on any atom is -0.507 e. The van der Waals surface area contributed by atoms with Gasteiger partial charge in [-0.2, -0.15) is 0 Å². The zero-order valence-electron chi connectivity index (χ0n) is 65.6. The average molecular weight is 1580 g/mol. The number of aromatic hydroxyl groups is 5. The van der Waals surface area contributed by atoms with Gasteiger partial charge in [-0.15, -0.1) is 0 Å². The van der Waals surface area contributed by atoms with Crippen LogP contribution >= 0.6 is 42.9 Å². The number of methoxy groups -OCH3 is 3. The Hall–Kier alpha value is -9.40. The van der Waals surface area contributed by atoms with Gasteiger partial charge in [0.05, 0.1) is 21.3 Å². The molecule has 12 aromatic rings. The lowest BCUT2D eigenvalue weighted by Crippen LogP contribution is -2.20. The van der Waals surface area contributed by atoms with Crippen LogP contribution in [-0.4, -0.2) is 66.5 Å². The van der Waals surface area contributed by atoms with Gasteiger partial charge in [-0.25, -0.2) is 4.39 Å². The van der Waals surface area contributed by atoms with Gasteiger partial charge in [0.2, 0.25) is 0 Å². The van der Waals surface area contributed by atoms with Crippen molar-refractivity contribution in [3.8, 4) is 46.0 Å². The number of phenols is 5. The summed E-state index contributed by atoms with van der Waals surface area (Å²) in [6.07, 6.45) is 0. The first-order valence-corrected chi connectivity index (χ1v) is 42.1. The topological polar surface area (TPSA) is 189 Å². The van der Waals surface area contributed by atoms with Gasteiger partial charge in [-0.1, -0.05) is 233 Å². The van der Waals surface area contributed by atoms with Crippen molar-refractivity contribution in [1.82, 2.24) is 16.0 Å². The second-order valence-electron chi connectivity index (χ2n) is 26.3. The second-order valence-corrected chi connectivity index (χ2v) is 32.8. The largest absolute Gasteiger partial charge is 0.507 e. The Kier molecular flexibility index (Phi) is 36.0. The van der Waals surface area contributed by atoms with Crippen molar-refractivity contribution in [3.63, 3.8) is 0 Å². The summed E-state index contributed by atoms with van der Waals surface area (Å²) in [5, 5.41) is 78.5. The number of aryl methyl sites for hydroxylation is 6. The molecule has 0 amide bonds. The minimum atomic E-state index is -0.291. The minimum absolute atomic E-state index is 0.0722. The predicted octanol–water partition coefficient (Wildman–Crippen LogP) is 15.7. The third kappa shape index (κ3) is 27.2. The van der Waals surface area contributed by atoms with Crippen molar-refractivity contribution < 1.29 is 44.1 Å². The fraction of sp³-hybridized carbons (Fsp3) is 0.217. The quantitative estimate of drug-likeness (QED) is 0.0209. The number of halogens is 1. The zero-order chi connectivity index (χ0) is 79.6. The summed E-state index contributed by atoms with van der Waals surface area (Å²) < 4.78 is 29.6. The van der Waals surface area contributed by atoms with Gasteiger partial charge < -0.3 is 66.3 Å². The molecular formula is C92H107FN5O8P5. The van der Waals surface area contributed by atoms with E-state index in [-0.39, 0.29) is 20.1 Å². The molecular weight excluding hydrogens is 1480 g/mol. The van der Waals surface area contributed by atoms with Crippen LogP contribution in [-0.2, 0) is 32.7 Å². The first-order chi connectivity index (χ1) is 53.7. The molecule has 13 nitrogen and oxygen atoms in total. The Morgan fingerprint density at radius 1 is 0.306 bits per heavy atom. The van der Waals surface area contributed by atoms with E-state index < -0.39 is 0 Å². The molecule has 0 saturated carbocycles. The normalized spacial score (nSPS) is 11.1. The molecule has 0 aromatic heterocycles. The summed E-state index contributed by atoms with van der Waals surface area (Å²) in [5.41, 5.74) is 15.3. The molecule has 0 saturated heterocycles. The first kappa shape index (κ1) is 87.2. The van der Waals surface area contributed by atoms with Crippen molar-refractivity contribution >= 4 is 107 Å². The monoisotopic (exact) mass is 1580 g/mol. The van der Waals surface area contributed by atoms with E-state index in [0.29, 0.717) is 80.7 Å². The maximum atomic E-state index is 13.8. The zero-order valence-corrected chi connectivity index (χ0v) is 70.6. The highest BCUT2D eigenvalue weighted by atomic mass is 31.1. The van der Waals surface area contributed by atoms with Gasteiger partial charge in [0, 0.05) is 76.7 Å². The molecule has 580 valence electrons. The van der Waals surface area contributed by atoms with E-state index in [4.69, 9.17) is 14.2 Å². The van der Waals surface area contributed by atoms with Crippen LogP contribution in [0.15, 0.2) is 243 Å². The summed E-state index contributed by atoms with van der Waals surface area (Å²) in [4.78, 5) is 0. The second kappa shape index (κ2) is 45.8. The molecule has 0 heterocycles. The predicted molar refractivity (Wildman–Crippen MR) is 478 cm³/mol. The number of rotatable bonds is 28. The highest BCUT2D eigenvalue weighted by Crippen LogP contribution is 2.34. The van der Waals surface area contributed by atoms with E-state index in [1.165, 1.54) is 90.5 Å². The average Bonchev–Trinajstić information content (AvgIpc) is 0.839. The molecule has 0 aliphatic heterocycles. The maximum Gasteiger partial charge on any atom is 0.165 e. The number of anilines is 2. The van der Waals surface area contributed by atoms with Crippen molar-refractivity contribution in [2.75, 3.05) is 51.6 Å². The van der Waals surface area contributed by atoms with Crippen LogP contribution in [0.4, 0.5) is 15.8 Å². The van der Waals surface area contributed by atoms with Crippen molar-refractivity contribution in [1.29, 1.82) is 0 Å². The Balaban J connectivity index is 0.000000175. The molecule has 0 aliphatic carbocycles. The highest BCUT2D eigenvalue weighted by molar-refractivity contribution is 7.57. The van der Waals surface area contributed by atoms with Crippen LogP contribution in [0.25, 0.3) is 0 Å². The Morgan fingerprint density at radius 2 is 0.721 bits per heavy atom. The van der Waals surface area contributed by atoms with E-state index in [0.717, 1.165) is 101 Å². The SMILES string of the molecule is CCNCc1cccc(C)c1Pc1cc(C)ccc1O.CCNCc1cccc(C)c1Pc1cccc(C)c1O.CCNCc1cccc(C)c1Pc1ccccc1O.COc1cc(OC)c(O)c(Pc2ccc(F)cc2CNc2ccccc2)c1.COc1ccc(O)c(Pc2ccc(C)cc2CNc2ccccc2)c1. The molecule has 111 heavy (non-hydrogen) atoms. The van der Waals surface area contributed by atoms with Gasteiger partial charge >= 0.3 is 0 Å². The number of hydrogen-bond donors (Lipinski definition) is 10. The van der Waals surface area contributed by atoms with Crippen molar-refractivity contribution in [2.45, 2.75) is 95.0 Å². The summed E-state index contributed by atoms with van der Waals surface area (Å²) in [7, 11) is 6.66. The van der Waals surface area contributed by atoms with Gasteiger partial charge in [0.15, 0.2) is 11.5 Å². The van der Waals surface area contributed by atoms with Crippen LogP contribution in [0.1, 0.15) is 82.0 Å². The van der Waals surface area contributed by atoms with Gasteiger partial charge in [-0.3, -0.25) is 0 Å². The van der Waals surface area contributed by atoms with Crippen molar-refractivity contribution in [2.24, 2.45) is 0 Å². The van der Waals surface area contributed by atoms with Crippen LogP contribution in [0, 0.1) is 47.4 Å². The fourth-order valence-corrected chi connectivity index (χ4v) is 18.2. The number of ether oxygens (including phenoxy) is 3. The Labute approximate surface area is 665 Å². The molecule has 12 rings (SSSR count). The van der Waals surface area contributed by atoms with Crippen LogP contribution in [0.5, 0.6) is 46.0 Å². The summed E-state index contributed by atoms with van der Waals surface area (Å²) in [6.45, 7) is 25.6. The maximum absolute atomic E-state index is 13.8. The number of benzene rings is 12. The summed E-state index contributed by atoms with van der Waals surface area (Å²) >= 11 is 0. The number of phenolic OH excluding ortho intramolecular Hbond substituents is 5. The summed E-state index contributed by atoms with van der Waals surface area (Å²) in [6, 6.07) is 78.5. The molecule has 5 unspecified atom stereocenters. The van der Waals surface area contributed by atoms with Crippen LogP contribution < -0.4 is 93.8 Å². The molecule has 0 aliphatic rings. The molecule has 0 fully saturated rings. The number of hydrogen-bond acceptors (Lipinski definition) is 13. The third-order valence-corrected chi connectivity index (χ3v) is 25.7. The molecule has 19 heteroatoms. The van der Waals surface area contributed by atoms with E-state index in [9.17, 15) is 29.9 Å². The highest BCUT2D eigenvalue weighted by Gasteiger charge is 2.17. The van der Waals surface area contributed by atoms with Gasteiger partial charge in [-0.05, 0) is 217 Å². The number of nitrogens with one attached hydrogen (secondary N) is 5. The Morgan fingerprint density at radius 3 is 1.24 bits per heavy atom. The molecule has 0 spiro atoms. The lowest BCUT2D eigenvalue weighted by Gasteiger charge is -2.15. The molecule has 5 atom stereocenters. The van der Waals surface area contributed by atoms with E-state index in [1.807, 2.05) is 104 Å². The number of para-hydroxylation sites is 4. The smallest absolute Gasteiger partial charge is 0.165 e. The van der Waals surface area contributed by atoms with E-state index in [1.54, 1.807) is 56.7 Å². The van der Waals surface area contributed by atoms with Crippen LogP contribution in [0.3, 0.4) is 0 Å². The van der Waals surface area contributed by atoms with Crippen LogP contribution in [0.2, 0.25) is 0 Å². The van der Waals surface area contributed by atoms with E-state index >= 15 is 0 Å². The fourth-order valence-electron chi connectivity index (χ4n) is 11.7. The first-order valence-electron chi connectivity index (χ1n) is 37.1. The molecule has 10 N–H and O–H groups in total. The molecule has 12 aromatic carbocycles.